The largest absolute Gasteiger partial charge is 0.338 e. The van der Waals surface area contributed by atoms with Gasteiger partial charge in [0.25, 0.3) is 0 Å². The molecule has 134 valence electrons. The van der Waals surface area contributed by atoms with Crippen molar-refractivity contribution < 1.29 is 4.79 Å². The molecule has 1 aliphatic rings. The van der Waals surface area contributed by atoms with E-state index in [-0.39, 0.29) is 12.1 Å². The molecule has 24 heavy (non-hydrogen) atoms. The number of amides is 2. The molecule has 1 unspecified atom stereocenters. The number of hydrogen-bond donors (Lipinski definition) is 2. The summed E-state index contributed by atoms with van der Waals surface area (Å²) >= 11 is 0. The number of carbonyl (C=O) groups is 1. The summed E-state index contributed by atoms with van der Waals surface area (Å²) in [5.41, 5.74) is 1.27. The number of urea groups is 1. The third-order valence-electron chi connectivity index (χ3n) is 4.63. The van der Waals surface area contributed by atoms with Crippen LogP contribution in [-0.4, -0.2) is 62.1 Å². The fourth-order valence-corrected chi connectivity index (χ4v) is 2.99. The van der Waals surface area contributed by atoms with Crippen LogP contribution >= 0.6 is 0 Å². The number of nitrogens with zero attached hydrogens (tertiary/aromatic N) is 2. The topological polar surface area (TPSA) is 47.6 Å². The van der Waals surface area contributed by atoms with Crippen molar-refractivity contribution in [2.75, 3.05) is 46.3 Å². The predicted molar refractivity (Wildman–Crippen MR) is 99.1 cm³/mol. The molecule has 0 radical (unpaired) electrons. The van der Waals surface area contributed by atoms with Gasteiger partial charge >= 0.3 is 6.03 Å². The Morgan fingerprint density at radius 2 is 1.75 bits per heavy atom. The molecule has 2 N–H and O–H groups in total. The van der Waals surface area contributed by atoms with Crippen LogP contribution < -0.4 is 10.6 Å². The Morgan fingerprint density at radius 1 is 1.08 bits per heavy atom. The van der Waals surface area contributed by atoms with Crippen LogP contribution in [-0.2, 0) is 0 Å². The molecule has 0 aromatic heterocycles. The second-order valence-electron chi connectivity index (χ2n) is 7.09. The summed E-state index contributed by atoms with van der Waals surface area (Å²) in [4.78, 5) is 16.9. The van der Waals surface area contributed by atoms with Crippen LogP contribution in [0.15, 0.2) is 30.3 Å². The highest BCUT2D eigenvalue weighted by Crippen LogP contribution is 2.21. The quantitative estimate of drug-likeness (QED) is 0.806. The van der Waals surface area contributed by atoms with Crippen LogP contribution in [0.25, 0.3) is 0 Å². The molecule has 1 atom stereocenters. The molecule has 1 fully saturated rings. The summed E-state index contributed by atoms with van der Waals surface area (Å²) in [7, 11) is 2.16. The second-order valence-corrected chi connectivity index (χ2v) is 7.09. The van der Waals surface area contributed by atoms with Crippen LogP contribution in [0.4, 0.5) is 4.79 Å². The minimum Gasteiger partial charge on any atom is -0.338 e. The Balaban J connectivity index is 1.90. The van der Waals surface area contributed by atoms with Crippen molar-refractivity contribution in [2.45, 2.75) is 26.3 Å². The Labute approximate surface area is 146 Å². The van der Waals surface area contributed by atoms with Gasteiger partial charge in [-0.25, -0.2) is 4.79 Å². The number of benzene rings is 1. The van der Waals surface area contributed by atoms with Crippen LogP contribution in [0.5, 0.6) is 0 Å². The summed E-state index contributed by atoms with van der Waals surface area (Å²) in [6.07, 6.45) is 1.01. The first kappa shape index (κ1) is 18.7. The lowest BCUT2D eigenvalue weighted by atomic mass is 10.0. The van der Waals surface area contributed by atoms with Crippen molar-refractivity contribution in [3.63, 3.8) is 0 Å². The highest BCUT2D eigenvalue weighted by Gasteiger charge is 2.24. The Kier molecular flexibility index (Phi) is 7.53. The minimum absolute atomic E-state index is 0.0642. The minimum atomic E-state index is -0.0642. The van der Waals surface area contributed by atoms with Gasteiger partial charge in [-0.15, -0.1) is 0 Å². The van der Waals surface area contributed by atoms with Crippen LogP contribution in [0, 0.1) is 5.92 Å². The van der Waals surface area contributed by atoms with Crippen LogP contribution in [0.3, 0.4) is 0 Å². The van der Waals surface area contributed by atoms with Gasteiger partial charge in [0.05, 0.1) is 6.04 Å². The fraction of sp³-hybridized carbons (Fsp3) is 0.632. The van der Waals surface area contributed by atoms with E-state index in [4.69, 9.17) is 0 Å². The number of rotatable bonds is 7. The predicted octanol–water partition coefficient (Wildman–Crippen LogP) is 2.32. The molecule has 1 heterocycles. The molecule has 2 amide bonds. The average Bonchev–Trinajstić information content (AvgIpc) is 2.57. The molecular weight excluding hydrogens is 300 g/mol. The summed E-state index contributed by atoms with van der Waals surface area (Å²) in [6, 6.07) is 10.7. The van der Waals surface area contributed by atoms with Gasteiger partial charge in [0.1, 0.15) is 0 Å². The van der Waals surface area contributed by atoms with E-state index in [1.807, 2.05) is 6.07 Å². The summed E-state index contributed by atoms with van der Waals surface area (Å²) in [5.74, 6) is 0.604. The highest BCUT2D eigenvalue weighted by molar-refractivity contribution is 5.73. The molecule has 1 aromatic carbocycles. The highest BCUT2D eigenvalue weighted by atomic mass is 16.2. The zero-order chi connectivity index (χ0) is 17.4. The molecule has 1 aromatic rings. The van der Waals surface area contributed by atoms with Crippen molar-refractivity contribution in [1.29, 1.82) is 0 Å². The maximum Gasteiger partial charge on any atom is 0.314 e. The van der Waals surface area contributed by atoms with Gasteiger partial charge in [-0.05, 0) is 24.9 Å². The lowest BCUT2D eigenvalue weighted by Gasteiger charge is -2.38. The number of likely N-dealkylation sites (N-methyl/N-ethyl adjacent to an activating group) is 1. The van der Waals surface area contributed by atoms with Gasteiger partial charge in [0.2, 0.25) is 0 Å². The van der Waals surface area contributed by atoms with Crippen molar-refractivity contribution in [1.82, 2.24) is 20.4 Å². The molecule has 0 saturated carbocycles. The summed E-state index contributed by atoms with van der Waals surface area (Å²) in [6.45, 7) is 9.92. The van der Waals surface area contributed by atoms with Crippen LogP contribution in [0.2, 0.25) is 0 Å². The van der Waals surface area contributed by atoms with Gasteiger partial charge in [-0.2, -0.15) is 0 Å². The molecular formula is C19H32N4O. The summed E-state index contributed by atoms with van der Waals surface area (Å²) in [5, 5.41) is 6.01. The molecule has 0 bridgehead atoms. The Bertz CT molecular complexity index is 483. The normalized spacial score (nSPS) is 17.7. The number of hydrogen-bond acceptors (Lipinski definition) is 3. The Hall–Kier alpha value is -1.59. The van der Waals surface area contributed by atoms with Crippen LogP contribution in [0.1, 0.15) is 31.9 Å². The van der Waals surface area contributed by atoms with E-state index < -0.39 is 0 Å². The maximum atomic E-state index is 12.0. The molecule has 2 rings (SSSR count). The lowest BCUT2D eigenvalue weighted by Crippen LogP contribution is -2.49. The maximum absolute atomic E-state index is 12.0. The number of nitrogens with one attached hydrogen (secondary N) is 2. The molecule has 5 nitrogen and oxygen atoms in total. The van der Waals surface area contributed by atoms with Crippen molar-refractivity contribution in [3.05, 3.63) is 35.9 Å². The second kappa shape index (κ2) is 9.64. The number of carbonyl (C=O) groups excluding carboxylic acids is 1. The van der Waals surface area contributed by atoms with Gasteiger partial charge in [0.15, 0.2) is 0 Å². The number of piperazine rings is 1. The van der Waals surface area contributed by atoms with Crippen molar-refractivity contribution >= 4 is 6.03 Å². The van der Waals surface area contributed by atoms with E-state index in [1.165, 1.54) is 5.56 Å². The van der Waals surface area contributed by atoms with E-state index in [9.17, 15) is 4.79 Å². The Morgan fingerprint density at radius 3 is 2.38 bits per heavy atom. The zero-order valence-corrected chi connectivity index (χ0v) is 15.3. The van der Waals surface area contributed by atoms with E-state index in [1.54, 1.807) is 0 Å². The molecule has 0 aliphatic carbocycles. The first-order valence-corrected chi connectivity index (χ1v) is 9.05. The van der Waals surface area contributed by atoms with E-state index in [0.29, 0.717) is 12.5 Å². The third kappa shape index (κ3) is 6.13. The van der Waals surface area contributed by atoms with Gasteiger partial charge in [0, 0.05) is 39.3 Å². The monoisotopic (exact) mass is 332 g/mol. The van der Waals surface area contributed by atoms with Crippen molar-refractivity contribution in [2.24, 2.45) is 5.92 Å². The third-order valence-corrected chi connectivity index (χ3v) is 4.63. The zero-order valence-electron chi connectivity index (χ0n) is 15.3. The lowest BCUT2D eigenvalue weighted by molar-refractivity contribution is 0.111. The first-order valence-electron chi connectivity index (χ1n) is 9.05. The van der Waals surface area contributed by atoms with E-state index >= 15 is 0 Å². The van der Waals surface area contributed by atoms with Gasteiger partial charge in [-0.3, -0.25) is 4.90 Å². The van der Waals surface area contributed by atoms with Crippen molar-refractivity contribution in [3.8, 4) is 0 Å². The van der Waals surface area contributed by atoms with Gasteiger partial charge in [-0.1, -0.05) is 44.2 Å². The summed E-state index contributed by atoms with van der Waals surface area (Å²) < 4.78 is 0. The standard InChI is InChI=1S/C19H32N4O/c1-16(2)9-10-20-19(24)21-15-18(17-7-5-4-6-8-17)23-13-11-22(3)12-14-23/h4-8,16,18H,9-15H2,1-3H3,(H2,20,21,24). The average molecular weight is 332 g/mol. The smallest absolute Gasteiger partial charge is 0.314 e. The molecule has 1 saturated heterocycles. The molecule has 5 heteroatoms. The molecule has 0 spiro atoms. The first-order chi connectivity index (χ1) is 11.6. The van der Waals surface area contributed by atoms with E-state index in [0.717, 1.165) is 39.1 Å². The fourth-order valence-electron chi connectivity index (χ4n) is 2.99. The molecule has 1 aliphatic heterocycles. The SMILES string of the molecule is CC(C)CCNC(=O)NCC(c1ccccc1)N1CCN(C)CC1. The van der Waals surface area contributed by atoms with Gasteiger partial charge < -0.3 is 15.5 Å². The van der Waals surface area contributed by atoms with E-state index in [2.05, 4.69) is 65.6 Å².